The van der Waals surface area contributed by atoms with E-state index in [-0.39, 0.29) is 22.0 Å². The third-order valence-corrected chi connectivity index (χ3v) is 6.36. The van der Waals surface area contributed by atoms with Crippen molar-refractivity contribution in [1.29, 1.82) is 0 Å². The molecule has 2 aromatic rings. The Labute approximate surface area is 161 Å². The van der Waals surface area contributed by atoms with Gasteiger partial charge >= 0.3 is 5.97 Å². The van der Waals surface area contributed by atoms with Crippen LogP contribution in [0.2, 0.25) is 0 Å². The number of hydrogen-bond donors (Lipinski definition) is 0. The van der Waals surface area contributed by atoms with Crippen LogP contribution in [0.3, 0.4) is 0 Å². The zero-order chi connectivity index (χ0) is 20.2. The molecule has 0 saturated heterocycles. The fourth-order valence-corrected chi connectivity index (χ4v) is 4.06. The van der Waals surface area contributed by atoms with E-state index in [2.05, 4.69) is 0 Å². The van der Waals surface area contributed by atoms with E-state index in [4.69, 9.17) is 14.3 Å². The third-order valence-electron chi connectivity index (χ3n) is 3.62. The lowest BCUT2D eigenvalue weighted by molar-refractivity contribution is -0.0259. The van der Waals surface area contributed by atoms with E-state index in [0.717, 1.165) is 10.9 Å². The number of carbonyl (C=O) groups excluding carboxylic acids is 2. The number of sulfonamides is 1. The van der Waals surface area contributed by atoms with Gasteiger partial charge in [-0.05, 0) is 37.3 Å². The predicted molar refractivity (Wildman–Crippen MR) is 98.6 cm³/mol. The molecule has 146 valence electrons. The van der Waals surface area contributed by atoms with Crippen LogP contribution in [0, 0.1) is 6.92 Å². The van der Waals surface area contributed by atoms with Gasteiger partial charge in [0, 0.05) is 11.9 Å². The lowest BCUT2D eigenvalue weighted by atomic mass is 10.2. The maximum absolute atomic E-state index is 12.5. The summed E-state index contributed by atoms with van der Waals surface area (Å²) in [5.74, 6) is -1.11. The Morgan fingerprint density at radius 1 is 1.15 bits per heavy atom. The fourth-order valence-electron chi connectivity index (χ4n) is 2.11. The Bertz CT molecular complexity index is 950. The Morgan fingerprint density at radius 3 is 2.41 bits per heavy atom. The van der Waals surface area contributed by atoms with Crippen LogP contribution in [0.5, 0.6) is 5.75 Å². The molecule has 0 unspecified atom stereocenters. The lowest BCUT2D eigenvalue weighted by Crippen LogP contribution is -2.26. The number of aryl methyl sites for hydroxylation is 1. The van der Waals surface area contributed by atoms with Gasteiger partial charge < -0.3 is 9.47 Å². The summed E-state index contributed by atoms with van der Waals surface area (Å²) < 4.78 is 35.7. The fraction of sp³-hybridized carbons (Fsp3) is 0.294. The quantitative estimate of drug-likeness (QED) is 0.372. The van der Waals surface area contributed by atoms with Gasteiger partial charge in [0.2, 0.25) is 5.78 Å². The normalized spacial score (nSPS) is 11.4. The highest BCUT2D eigenvalue weighted by molar-refractivity contribution is 7.89. The zero-order valence-electron chi connectivity index (χ0n) is 15.2. The molecule has 1 aromatic carbocycles. The Morgan fingerprint density at radius 2 is 1.85 bits per heavy atom. The number of hydrogen-bond acceptors (Lipinski definition) is 8. The van der Waals surface area contributed by atoms with Crippen LogP contribution in [0.25, 0.3) is 0 Å². The topological polar surface area (TPSA) is 99.2 Å². The molecule has 0 N–H and O–H groups in total. The molecule has 10 heteroatoms. The Kier molecular flexibility index (Phi) is 6.71. The number of benzene rings is 1. The SMILES string of the molecule is COc1ccc(C(=O)OCC(=O)c2ccc(C)s2)cc1S(=O)(=O)N(C)OC. The number of carbonyl (C=O) groups is 2. The van der Waals surface area contributed by atoms with Crippen molar-refractivity contribution in [2.24, 2.45) is 0 Å². The first-order valence-corrected chi connectivity index (χ1v) is 9.94. The minimum absolute atomic E-state index is 0.0333. The molecule has 27 heavy (non-hydrogen) atoms. The number of hydroxylamine groups is 1. The highest BCUT2D eigenvalue weighted by atomic mass is 32.2. The predicted octanol–water partition coefficient (Wildman–Crippen LogP) is 2.29. The Balaban J connectivity index is 2.22. The van der Waals surface area contributed by atoms with Gasteiger partial charge in [-0.2, -0.15) is 0 Å². The average Bonchev–Trinajstić information content (AvgIpc) is 3.10. The summed E-state index contributed by atoms with van der Waals surface area (Å²) in [6, 6.07) is 7.26. The van der Waals surface area contributed by atoms with Gasteiger partial charge in [-0.1, -0.05) is 4.47 Å². The van der Waals surface area contributed by atoms with Crippen LogP contribution >= 0.6 is 11.3 Å². The highest BCUT2D eigenvalue weighted by Crippen LogP contribution is 2.27. The van der Waals surface area contributed by atoms with Crippen molar-refractivity contribution in [3.05, 3.63) is 45.6 Å². The van der Waals surface area contributed by atoms with Gasteiger partial charge in [0.15, 0.2) is 6.61 Å². The monoisotopic (exact) mass is 413 g/mol. The minimum atomic E-state index is -4.05. The second-order valence-electron chi connectivity index (χ2n) is 5.37. The maximum Gasteiger partial charge on any atom is 0.338 e. The van der Waals surface area contributed by atoms with E-state index >= 15 is 0 Å². The molecule has 0 atom stereocenters. The van der Waals surface area contributed by atoms with Crippen LogP contribution in [0.4, 0.5) is 0 Å². The van der Waals surface area contributed by atoms with Crippen molar-refractivity contribution < 1.29 is 32.3 Å². The van der Waals surface area contributed by atoms with Crippen LogP contribution in [-0.4, -0.2) is 52.5 Å². The average molecular weight is 413 g/mol. The highest BCUT2D eigenvalue weighted by Gasteiger charge is 2.27. The van der Waals surface area contributed by atoms with Gasteiger partial charge in [0.25, 0.3) is 10.0 Å². The molecule has 8 nitrogen and oxygen atoms in total. The second-order valence-corrected chi connectivity index (χ2v) is 8.56. The summed E-state index contributed by atoms with van der Waals surface area (Å²) in [6.45, 7) is 1.43. The first kappa shape index (κ1) is 21.0. The first-order chi connectivity index (χ1) is 12.7. The summed E-state index contributed by atoms with van der Waals surface area (Å²) in [5.41, 5.74) is -0.0333. The number of ether oxygens (including phenoxy) is 2. The molecule has 1 heterocycles. The van der Waals surface area contributed by atoms with E-state index in [0.29, 0.717) is 9.35 Å². The van der Waals surface area contributed by atoms with Gasteiger partial charge in [-0.25, -0.2) is 13.2 Å². The number of ketones is 1. The molecular weight excluding hydrogens is 394 g/mol. The number of nitrogens with zero attached hydrogens (tertiary/aromatic N) is 1. The molecule has 0 spiro atoms. The van der Waals surface area contributed by atoms with Crippen LogP contribution in [0.1, 0.15) is 24.9 Å². The summed E-state index contributed by atoms with van der Waals surface area (Å²) in [5, 5.41) is 0. The molecular formula is C17H19NO7S2. The van der Waals surface area contributed by atoms with E-state index in [1.54, 1.807) is 12.1 Å². The van der Waals surface area contributed by atoms with Crippen LogP contribution in [0.15, 0.2) is 35.2 Å². The Hall–Kier alpha value is -2.27. The number of methoxy groups -OCH3 is 1. The lowest BCUT2D eigenvalue weighted by Gasteiger charge is -2.17. The summed E-state index contributed by atoms with van der Waals surface area (Å²) in [6.07, 6.45) is 0. The number of thiophene rings is 1. The molecule has 2 rings (SSSR count). The second kappa shape index (κ2) is 8.61. The van der Waals surface area contributed by atoms with Crippen LogP contribution in [-0.2, 0) is 19.6 Å². The van der Waals surface area contributed by atoms with E-state index in [9.17, 15) is 18.0 Å². The minimum Gasteiger partial charge on any atom is -0.495 e. The van der Waals surface area contributed by atoms with Crippen molar-refractivity contribution in [2.75, 3.05) is 27.9 Å². The van der Waals surface area contributed by atoms with Gasteiger partial charge in [0.05, 0.1) is 24.7 Å². The molecule has 0 aliphatic carbocycles. The van der Waals surface area contributed by atoms with Gasteiger partial charge in [-0.15, -0.1) is 11.3 Å². The van der Waals surface area contributed by atoms with Crippen molar-refractivity contribution in [2.45, 2.75) is 11.8 Å². The van der Waals surface area contributed by atoms with Crippen molar-refractivity contribution in [1.82, 2.24) is 4.47 Å². The molecule has 0 aliphatic rings. The zero-order valence-corrected chi connectivity index (χ0v) is 16.8. The molecule has 0 amide bonds. The standard InChI is InChI=1S/C17H19NO7S2/c1-11-5-8-15(26-11)13(19)10-25-17(20)12-6-7-14(23-3)16(9-12)27(21,22)18(2)24-4/h5-9H,10H2,1-4H3. The van der Waals surface area contributed by atoms with Gasteiger partial charge in [-0.3, -0.25) is 9.63 Å². The molecule has 0 saturated carbocycles. The van der Waals surface area contributed by atoms with Gasteiger partial charge in [0.1, 0.15) is 10.6 Å². The molecule has 1 aromatic heterocycles. The molecule has 0 aliphatic heterocycles. The summed E-state index contributed by atoms with van der Waals surface area (Å²) in [7, 11) is -0.336. The molecule has 0 radical (unpaired) electrons. The third kappa shape index (κ3) is 4.72. The first-order valence-electron chi connectivity index (χ1n) is 7.68. The van der Waals surface area contributed by atoms with E-state index in [1.165, 1.54) is 44.7 Å². The summed E-state index contributed by atoms with van der Waals surface area (Å²) >= 11 is 1.30. The van der Waals surface area contributed by atoms with Crippen molar-refractivity contribution in [3.8, 4) is 5.75 Å². The number of Topliss-reactive ketones (excluding diaryl/α,β-unsaturated/α-hetero) is 1. The van der Waals surface area contributed by atoms with Crippen molar-refractivity contribution in [3.63, 3.8) is 0 Å². The number of esters is 1. The van der Waals surface area contributed by atoms with E-state index in [1.807, 2.05) is 6.92 Å². The largest absolute Gasteiger partial charge is 0.495 e. The number of rotatable bonds is 8. The summed E-state index contributed by atoms with van der Waals surface area (Å²) in [4.78, 5) is 30.2. The van der Waals surface area contributed by atoms with E-state index < -0.39 is 22.6 Å². The molecule has 0 fully saturated rings. The maximum atomic E-state index is 12.5. The van der Waals surface area contributed by atoms with Crippen LogP contribution < -0.4 is 4.74 Å². The van der Waals surface area contributed by atoms with Crippen molar-refractivity contribution >= 4 is 33.1 Å². The smallest absolute Gasteiger partial charge is 0.338 e. The molecule has 0 bridgehead atoms.